The number of rotatable bonds is 9. The van der Waals surface area contributed by atoms with Crippen molar-refractivity contribution in [3.8, 4) is 16.9 Å². The van der Waals surface area contributed by atoms with Crippen LogP contribution in [0.1, 0.15) is 40.8 Å². The van der Waals surface area contributed by atoms with Crippen molar-refractivity contribution in [1.82, 2.24) is 14.8 Å². The SMILES string of the molecule is C=Cc1nn(C)c(C)c1-c1cccc2c(CCCOc3cccc4ccccc34)c(C(=O)OCC)[nH]c12. The van der Waals surface area contributed by atoms with E-state index in [1.54, 1.807) is 6.08 Å². The van der Waals surface area contributed by atoms with Crippen LogP contribution < -0.4 is 4.74 Å². The van der Waals surface area contributed by atoms with E-state index in [4.69, 9.17) is 9.47 Å². The summed E-state index contributed by atoms with van der Waals surface area (Å²) in [5.74, 6) is 0.524. The average Bonchev–Trinajstić information content (AvgIpc) is 3.43. The number of aromatic amines is 1. The summed E-state index contributed by atoms with van der Waals surface area (Å²) >= 11 is 0. The van der Waals surface area contributed by atoms with Gasteiger partial charge in [0, 0.05) is 34.6 Å². The first kappa shape index (κ1) is 24.4. The van der Waals surface area contributed by atoms with Crippen LogP contribution >= 0.6 is 0 Å². The number of nitrogens with zero attached hydrogens (tertiary/aromatic N) is 2. The molecule has 2 heterocycles. The maximum Gasteiger partial charge on any atom is 0.355 e. The van der Waals surface area contributed by atoms with Gasteiger partial charge >= 0.3 is 5.97 Å². The molecule has 5 aromatic rings. The van der Waals surface area contributed by atoms with Crippen molar-refractivity contribution in [2.45, 2.75) is 26.7 Å². The lowest BCUT2D eigenvalue weighted by atomic mass is 9.98. The third-order valence-electron chi connectivity index (χ3n) is 6.82. The maximum absolute atomic E-state index is 13.0. The summed E-state index contributed by atoms with van der Waals surface area (Å²) in [5.41, 5.74) is 6.17. The van der Waals surface area contributed by atoms with Crippen LogP contribution in [-0.4, -0.2) is 33.9 Å². The van der Waals surface area contributed by atoms with Gasteiger partial charge in [0.2, 0.25) is 0 Å². The molecular formula is C31H31N3O3. The van der Waals surface area contributed by atoms with Crippen LogP contribution in [0.5, 0.6) is 5.75 Å². The zero-order chi connectivity index (χ0) is 25.9. The van der Waals surface area contributed by atoms with Gasteiger partial charge in [-0.05, 0) is 49.8 Å². The van der Waals surface area contributed by atoms with Gasteiger partial charge in [-0.3, -0.25) is 4.68 Å². The highest BCUT2D eigenvalue weighted by Crippen LogP contribution is 2.36. The molecule has 0 aliphatic heterocycles. The van der Waals surface area contributed by atoms with Crippen molar-refractivity contribution in [3.05, 3.63) is 89.9 Å². The highest BCUT2D eigenvalue weighted by molar-refractivity contribution is 6.04. The number of hydrogen-bond donors (Lipinski definition) is 1. The van der Waals surface area contributed by atoms with Crippen molar-refractivity contribution in [1.29, 1.82) is 0 Å². The Hall–Kier alpha value is -4.32. The summed E-state index contributed by atoms with van der Waals surface area (Å²) in [6.07, 6.45) is 3.18. The number of ether oxygens (including phenoxy) is 2. The van der Waals surface area contributed by atoms with E-state index in [0.717, 1.165) is 61.9 Å². The second kappa shape index (κ2) is 10.3. The molecule has 0 unspecified atom stereocenters. The van der Waals surface area contributed by atoms with Gasteiger partial charge in [0.05, 0.1) is 24.4 Å². The number of esters is 1. The standard InChI is InChI=1S/C31H31N3O3/c1-5-26-28(20(3)34(4)33-26)25-16-10-15-23-24(30(32-29(23)25)31(35)36-6-2)17-11-19-37-27-18-9-13-21-12-7-8-14-22(21)27/h5,7-10,12-16,18,32H,1,6,11,17,19H2,2-4H3. The van der Waals surface area contributed by atoms with Gasteiger partial charge in [0.1, 0.15) is 11.4 Å². The topological polar surface area (TPSA) is 69.1 Å². The van der Waals surface area contributed by atoms with Gasteiger partial charge in [-0.2, -0.15) is 5.10 Å². The van der Waals surface area contributed by atoms with Crippen molar-refractivity contribution in [3.63, 3.8) is 0 Å². The quantitative estimate of drug-likeness (QED) is 0.180. The van der Waals surface area contributed by atoms with Gasteiger partial charge in [-0.25, -0.2) is 4.79 Å². The van der Waals surface area contributed by atoms with E-state index in [1.807, 2.05) is 55.9 Å². The van der Waals surface area contributed by atoms with E-state index in [2.05, 4.69) is 47.0 Å². The Balaban J connectivity index is 1.48. The highest BCUT2D eigenvalue weighted by atomic mass is 16.5. The first-order chi connectivity index (χ1) is 18.0. The number of carbonyl (C=O) groups is 1. The largest absolute Gasteiger partial charge is 0.493 e. The Bertz CT molecular complexity index is 1600. The molecule has 37 heavy (non-hydrogen) atoms. The van der Waals surface area contributed by atoms with E-state index < -0.39 is 0 Å². The Morgan fingerprint density at radius 1 is 1.08 bits per heavy atom. The van der Waals surface area contributed by atoms with E-state index in [9.17, 15) is 4.79 Å². The molecule has 1 N–H and O–H groups in total. The summed E-state index contributed by atoms with van der Waals surface area (Å²) in [5, 5.41) is 7.84. The van der Waals surface area contributed by atoms with Crippen LogP contribution in [0, 0.1) is 6.92 Å². The second-order valence-electron chi connectivity index (χ2n) is 9.03. The predicted octanol–water partition coefficient (Wildman–Crippen LogP) is 6.86. The Morgan fingerprint density at radius 2 is 1.84 bits per heavy atom. The zero-order valence-corrected chi connectivity index (χ0v) is 21.5. The second-order valence-corrected chi connectivity index (χ2v) is 9.03. The Labute approximate surface area is 216 Å². The van der Waals surface area contributed by atoms with E-state index >= 15 is 0 Å². The molecule has 0 bridgehead atoms. The third kappa shape index (κ3) is 4.51. The lowest BCUT2D eigenvalue weighted by molar-refractivity contribution is 0.0519. The highest BCUT2D eigenvalue weighted by Gasteiger charge is 2.23. The van der Waals surface area contributed by atoms with Crippen LogP contribution in [-0.2, 0) is 18.2 Å². The van der Waals surface area contributed by atoms with Crippen molar-refractivity contribution >= 4 is 33.7 Å². The summed E-state index contributed by atoms with van der Waals surface area (Å²) in [7, 11) is 1.92. The minimum atomic E-state index is -0.346. The third-order valence-corrected chi connectivity index (χ3v) is 6.82. The fraction of sp³-hybridized carbons (Fsp3) is 0.226. The smallest absolute Gasteiger partial charge is 0.355 e. The normalized spacial score (nSPS) is 11.2. The first-order valence-corrected chi connectivity index (χ1v) is 12.6. The monoisotopic (exact) mass is 493 g/mol. The molecule has 0 aliphatic carbocycles. The number of aryl methyl sites for hydroxylation is 2. The number of benzene rings is 3. The zero-order valence-electron chi connectivity index (χ0n) is 21.5. The van der Waals surface area contributed by atoms with Gasteiger partial charge in [0.15, 0.2) is 0 Å². The minimum Gasteiger partial charge on any atom is -0.493 e. The predicted molar refractivity (Wildman–Crippen MR) is 149 cm³/mol. The van der Waals surface area contributed by atoms with Crippen LogP contribution in [0.15, 0.2) is 67.2 Å². The van der Waals surface area contributed by atoms with E-state index in [-0.39, 0.29) is 5.97 Å². The molecule has 5 rings (SSSR count). The van der Waals surface area contributed by atoms with E-state index in [0.29, 0.717) is 25.3 Å². The number of carbonyl (C=O) groups excluding carboxylic acids is 1. The van der Waals surface area contributed by atoms with Gasteiger partial charge in [-0.15, -0.1) is 0 Å². The van der Waals surface area contributed by atoms with Gasteiger partial charge < -0.3 is 14.5 Å². The number of para-hydroxylation sites is 1. The van der Waals surface area contributed by atoms with E-state index in [1.165, 1.54) is 0 Å². The minimum absolute atomic E-state index is 0.313. The number of nitrogens with one attached hydrogen (secondary N) is 1. The fourth-order valence-electron chi connectivity index (χ4n) is 4.98. The molecule has 0 spiro atoms. The lowest BCUT2D eigenvalue weighted by Gasteiger charge is -2.10. The maximum atomic E-state index is 13.0. The van der Waals surface area contributed by atoms with Crippen molar-refractivity contribution in [2.75, 3.05) is 13.2 Å². The molecular weight excluding hydrogens is 462 g/mol. The molecule has 0 amide bonds. The summed E-state index contributed by atoms with van der Waals surface area (Å²) in [6.45, 7) is 8.65. The molecule has 0 atom stereocenters. The molecule has 6 heteroatoms. The summed E-state index contributed by atoms with van der Waals surface area (Å²) < 4.78 is 13.4. The summed E-state index contributed by atoms with van der Waals surface area (Å²) in [6, 6.07) is 20.4. The molecule has 0 radical (unpaired) electrons. The lowest BCUT2D eigenvalue weighted by Crippen LogP contribution is -2.09. The molecule has 0 aliphatic rings. The van der Waals surface area contributed by atoms with Crippen molar-refractivity contribution in [2.24, 2.45) is 7.05 Å². The molecule has 188 valence electrons. The van der Waals surface area contributed by atoms with Gasteiger partial charge in [-0.1, -0.05) is 61.2 Å². The van der Waals surface area contributed by atoms with Crippen LogP contribution in [0.3, 0.4) is 0 Å². The number of hydrogen-bond acceptors (Lipinski definition) is 4. The Kier molecular flexibility index (Phi) is 6.82. The van der Waals surface area contributed by atoms with Crippen LogP contribution in [0.4, 0.5) is 0 Å². The summed E-state index contributed by atoms with van der Waals surface area (Å²) in [4.78, 5) is 16.4. The first-order valence-electron chi connectivity index (χ1n) is 12.6. The number of aromatic nitrogens is 3. The Morgan fingerprint density at radius 3 is 2.65 bits per heavy atom. The number of fused-ring (bicyclic) bond motifs is 2. The average molecular weight is 494 g/mol. The molecule has 2 aromatic heterocycles. The molecule has 0 saturated heterocycles. The van der Waals surface area contributed by atoms with Crippen LogP contribution in [0.25, 0.3) is 38.9 Å². The fourth-order valence-corrected chi connectivity index (χ4v) is 4.98. The molecule has 6 nitrogen and oxygen atoms in total. The van der Waals surface area contributed by atoms with Gasteiger partial charge in [0.25, 0.3) is 0 Å². The van der Waals surface area contributed by atoms with Crippen LogP contribution in [0.2, 0.25) is 0 Å². The molecule has 3 aromatic carbocycles. The molecule has 0 saturated carbocycles. The number of H-pyrrole nitrogens is 1. The molecule has 0 fully saturated rings. The van der Waals surface area contributed by atoms with Crippen molar-refractivity contribution < 1.29 is 14.3 Å².